The van der Waals surface area contributed by atoms with Crippen LogP contribution in [0.3, 0.4) is 0 Å². The van der Waals surface area contributed by atoms with Gasteiger partial charge in [-0.15, -0.1) is 0 Å². The molecule has 0 saturated carbocycles. The minimum Gasteiger partial charge on any atom is -0.384 e. The number of nitrogens with zero attached hydrogens (tertiary/aromatic N) is 1. The number of nitrogen functional groups attached to an aromatic ring is 1. The Morgan fingerprint density at radius 1 is 0.963 bits per heavy atom. The number of amides is 2. The van der Waals surface area contributed by atoms with Gasteiger partial charge in [0.1, 0.15) is 11.5 Å². The highest BCUT2D eigenvalue weighted by Crippen LogP contribution is 2.24. The van der Waals surface area contributed by atoms with Crippen LogP contribution in [0.5, 0.6) is 0 Å². The smallest absolute Gasteiger partial charge is 0.267 e. The normalized spacial score (nSPS) is 10.7. The van der Waals surface area contributed by atoms with Gasteiger partial charge in [0.25, 0.3) is 5.91 Å². The molecule has 0 bridgehead atoms. The number of nitrogens with one attached hydrogen (secondary N) is 1. The Bertz CT molecular complexity index is 891. The van der Waals surface area contributed by atoms with Gasteiger partial charge in [-0.1, -0.05) is 6.07 Å². The van der Waals surface area contributed by atoms with Crippen LogP contribution in [-0.2, 0) is 17.8 Å². The van der Waals surface area contributed by atoms with Gasteiger partial charge < -0.3 is 16.8 Å². The molecule has 1 aromatic carbocycles. The molecule has 0 radical (unpaired) electrons. The van der Waals surface area contributed by atoms with Crippen molar-refractivity contribution in [3.8, 4) is 0 Å². The summed E-state index contributed by atoms with van der Waals surface area (Å²) in [6.07, 6.45) is -1.28. The van der Waals surface area contributed by atoms with Crippen LogP contribution in [0.4, 0.5) is 27.8 Å². The highest BCUT2D eigenvalue weighted by Gasteiger charge is 2.25. The van der Waals surface area contributed by atoms with E-state index in [1.807, 2.05) is 0 Å². The van der Waals surface area contributed by atoms with Crippen molar-refractivity contribution in [1.29, 1.82) is 0 Å². The van der Waals surface area contributed by atoms with Gasteiger partial charge in [-0.25, -0.2) is 26.9 Å². The summed E-state index contributed by atoms with van der Waals surface area (Å²) in [5, 5.41) is 2.33. The molecule has 144 valence electrons. The van der Waals surface area contributed by atoms with Gasteiger partial charge in [0.2, 0.25) is 11.7 Å². The Kier molecular flexibility index (Phi) is 5.93. The summed E-state index contributed by atoms with van der Waals surface area (Å²) in [6.45, 7) is -0.207. The standard InChI is InChI=1S/C16H13F5N4O2/c17-10-7(11(18)13(20)14(21)12(10)19)2-4-9(26)24-5-6-1-3-8(22)25-15(6)16(23)27/h1,3H,2,4-5H2,(H2,22,25)(H2,23,27)(H,24,26). The average Bonchev–Trinajstić information content (AvgIpc) is 2.63. The highest BCUT2D eigenvalue weighted by molar-refractivity contribution is 5.92. The van der Waals surface area contributed by atoms with E-state index in [9.17, 15) is 31.5 Å². The van der Waals surface area contributed by atoms with Crippen molar-refractivity contribution in [2.24, 2.45) is 5.73 Å². The molecule has 0 spiro atoms. The quantitative estimate of drug-likeness (QED) is 0.397. The molecule has 1 heterocycles. The summed E-state index contributed by atoms with van der Waals surface area (Å²) in [6, 6.07) is 2.76. The fraction of sp³-hybridized carbons (Fsp3) is 0.188. The van der Waals surface area contributed by atoms with E-state index < -0.39 is 59.3 Å². The molecule has 5 N–H and O–H groups in total. The van der Waals surface area contributed by atoms with E-state index in [4.69, 9.17) is 11.5 Å². The zero-order valence-electron chi connectivity index (χ0n) is 13.6. The Morgan fingerprint density at radius 3 is 2.07 bits per heavy atom. The minimum atomic E-state index is -2.27. The van der Waals surface area contributed by atoms with E-state index >= 15 is 0 Å². The van der Waals surface area contributed by atoms with Crippen molar-refractivity contribution in [2.75, 3.05) is 5.73 Å². The van der Waals surface area contributed by atoms with Crippen LogP contribution in [0.2, 0.25) is 0 Å². The van der Waals surface area contributed by atoms with E-state index in [1.165, 1.54) is 12.1 Å². The number of rotatable bonds is 6. The van der Waals surface area contributed by atoms with E-state index in [0.29, 0.717) is 0 Å². The Hall–Kier alpha value is -3.24. The van der Waals surface area contributed by atoms with E-state index in [2.05, 4.69) is 10.3 Å². The number of carbonyl (C=O) groups excluding carboxylic acids is 2. The molecule has 2 amide bonds. The van der Waals surface area contributed by atoms with Crippen LogP contribution < -0.4 is 16.8 Å². The fourth-order valence-corrected chi connectivity index (χ4v) is 2.25. The molecule has 0 saturated heterocycles. The van der Waals surface area contributed by atoms with E-state index in [1.54, 1.807) is 0 Å². The number of carbonyl (C=O) groups is 2. The second-order valence-corrected chi connectivity index (χ2v) is 5.43. The number of anilines is 1. The molecule has 2 rings (SSSR count). The summed E-state index contributed by atoms with van der Waals surface area (Å²) >= 11 is 0. The monoisotopic (exact) mass is 388 g/mol. The first-order valence-corrected chi connectivity index (χ1v) is 7.45. The Labute approximate surface area is 149 Å². The van der Waals surface area contributed by atoms with Gasteiger partial charge in [0.05, 0.1) is 0 Å². The van der Waals surface area contributed by atoms with Crippen molar-refractivity contribution >= 4 is 17.6 Å². The minimum absolute atomic E-state index is 0.0326. The number of primary amides is 1. The number of benzene rings is 1. The second-order valence-electron chi connectivity index (χ2n) is 5.43. The number of halogens is 5. The molecular weight excluding hydrogens is 375 g/mol. The van der Waals surface area contributed by atoms with Gasteiger partial charge in [-0.05, 0) is 12.5 Å². The first-order valence-electron chi connectivity index (χ1n) is 7.45. The van der Waals surface area contributed by atoms with Gasteiger partial charge in [0, 0.05) is 24.1 Å². The first-order chi connectivity index (χ1) is 12.6. The van der Waals surface area contributed by atoms with Gasteiger partial charge in [0.15, 0.2) is 23.3 Å². The number of hydrogen-bond acceptors (Lipinski definition) is 4. The zero-order chi connectivity index (χ0) is 20.3. The predicted octanol–water partition coefficient (Wildman–Crippen LogP) is 1.71. The maximum atomic E-state index is 13.6. The summed E-state index contributed by atoms with van der Waals surface area (Å²) < 4.78 is 66.3. The summed E-state index contributed by atoms with van der Waals surface area (Å²) in [7, 11) is 0. The lowest BCUT2D eigenvalue weighted by atomic mass is 10.1. The van der Waals surface area contributed by atoms with Crippen molar-refractivity contribution in [3.63, 3.8) is 0 Å². The van der Waals surface area contributed by atoms with Crippen molar-refractivity contribution in [1.82, 2.24) is 10.3 Å². The second kappa shape index (κ2) is 7.98. The summed E-state index contributed by atoms with van der Waals surface area (Å²) in [5.74, 6) is -12.0. The van der Waals surface area contributed by atoms with Crippen molar-refractivity contribution in [2.45, 2.75) is 19.4 Å². The lowest BCUT2D eigenvalue weighted by molar-refractivity contribution is -0.121. The van der Waals surface area contributed by atoms with Crippen molar-refractivity contribution < 1.29 is 31.5 Å². The van der Waals surface area contributed by atoms with Crippen LogP contribution in [0, 0.1) is 29.1 Å². The molecule has 27 heavy (non-hydrogen) atoms. The van der Waals surface area contributed by atoms with Crippen molar-refractivity contribution in [3.05, 3.63) is 58.0 Å². The van der Waals surface area contributed by atoms with Crippen LogP contribution in [0.25, 0.3) is 0 Å². The maximum Gasteiger partial charge on any atom is 0.267 e. The topological polar surface area (TPSA) is 111 Å². The van der Waals surface area contributed by atoms with E-state index in [-0.39, 0.29) is 23.6 Å². The first kappa shape index (κ1) is 20.1. The number of aromatic nitrogens is 1. The van der Waals surface area contributed by atoms with E-state index in [0.717, 1.165) is 0 Å². The molecule has 0 unspecified atom stereocenters. The zero-order valence-corrected chi connectivity index (χ0v) is 13.6. The lowest BCUT2D eigenvalue weighted by Gasteiger charge is -2.10. The number of nitrogens with two attached hydrogens (primary N) is 2. The maximum absolute atomic E-state index is 13.6. The van der Waals surface area contributed by atoms with Crippen LogP contribution in [0.1, 0.15) is 28.0 Å². The third-order valence-corrected chi connectivity index (χ3v) is 3.61. The molecule has 6 nitrogen and oxygen atoms in total. The summed E-state index contributed by atoms with van der Waals surface area (Å²) in [4.78, 5) is 26.8. The molecule has 0 fully saturated rings. The van der Waals surface area contributed by atoms with Gasteiger partial charge in [-0.2, -0.15) is 0 Å². The predicted molar refractivity (Wildman–Crippen MR) is 83.6 cm³/mol. The third-order valence-electron chi connectivity index (χ3n) is 3.61. The average molecular weight is 388 g/mol. The molecule has 0 aliphatic heterocycles. The van der Waals surface area contributed by atoms with Crippen LogP contribution in [0.15, 0.2) is 12.1 Å². The number of hydrogen-bond donors (Lipinski definition) is 3. The fourth-order valence-electron chi connectivity index (χ4n) is 2.25. The Balaban J connectivity index is 2.06. The lowest BCUT2D eigenvalue weighted by Crippen LogP contribution is -2.26. The van der Waals surface area contributed by atoms with Gasteiger partial charge >= 0.3 is 0 Å². The van der Waals surface area contributed by atoms with Crippen LogP contribution in [-0.4, -0.2) is 16.8 Å². The number of pyridine rings is 1. The molecular formula is C16H13F5N4O2. The Morgan fingerprint density at radius 2 is 1.52 bits per heavy atom. The molecule has 11 heteroatoms. The SMILES string of the molecule is NC(=O)c1nc(N)ccc1CNC(=O)CCc1c(F)c(F)c(F)c(F)c1F. The largest absolute Gasteiger partial charge is 0.384 e. The highest BCUT2D eigenvalue weighted by atomic mass is 19.2. The van der Waals surface area contributed by atoms with Crippen LogP contribution >= 0.6 is 0 Å². The molecule has 0 aliphatic rings. The summed E-state index contributed by atoms with van der Waals surface area (Å²) in [5.41, 5.74) is 9.55. The molecule has 1 aromatic heterocycles. The molecule has 2 aromatic rings. The third kappa shape index (κ3) is 4.30. The molecule has 0 atom stereocenters. The van der Waals surface area contributed by atoms with Gasteiger partial charge in [-0.3, -0.25) is 9.59 Å². The molecule has 0 aliphatic carbocycles.